The third-order valence-electron chi connectivity index (χ3n) is 9.24. The zero-order valence-corrected chi connectivity index (χ0v) is 25.3. The predicted molar refractivity (Wildman–Crippen MR) is 167 cm³/mol. The highest BCUT2D eigenvalue weighted by Gasteiger charge is 2.14. The lowest BCUT2D eigenvalue weighted by molar-refractivity contribution is 0.302. The Morgan fingerprint density at radius 2 is 0.925 bits per heavy atom. The van der Waals surface area contributed by atoms with Gasteiger partial charge in [-0.05, 0) is 48.9 Å². The van der Waals surface area contributed by atoms with Gasteiger partial charge in [0.1, 0.15) is 5.75 Å². The molecule has 0 aliphatic heterocycles. The minimum Gasteiger partial charge on any atom is -0.494 e. The molecule has 0 radical (unpaired) electrons. The first-order valence-electron chi connectivity index (χ1n) is 17.0. The highest BCUT2D eigenvalue weighted by molar-refractivity contribution is 5.56. The van der Waals surface area contributed by atoms with E-state index in [1.54, 1.807) is 12.4 Å². The molecule has 0 saturated heterocycles. The number of benzene rings is 1. The van der Waals surface area contributed by atoms with E-state index in [1.165, 1.54) is 128 Å². The van der Waals surface area contributed by atoms with E-state index >= 15 is 0 Å². The average Bonchev–Trinajstić information content (AvgIpc) is 3.71. The van der Waals surface area contributed by atoms with Gasteiger partial charge < -0.3 is 9.47 Å². The Bertz CT molecular complexity index is 811. The summed E-state index contributed by atoms with van der Waals surface area (Å²) in [6.45, 7) is 1.54. The standard InChI is InChI=1S/C36H56N2O2/c1(5-9-17-31-19-11-12-20-31)3-7-15-27-39-34-25-23-33(24-26-34)36-37-29-35(30-38-36)40-28-16-8-4-2-6-10-18-32-21-13-14-22-32/h23-26,29-32H,1-22,27-28H2. The number of hydrogen-bond donors (Lipinski definition) is 0. The summed E-state index contributed by atoms with van der Waals surface area (Å²) in [6, 6.07) is 8.15. The summed E-state index contributed by atoms with van der Waals surface area (Å²) in [5, 5.41) is 0. The molecule has 0 spiro atoms. The molecular formula is C36H56N2O2. The predicted octanol–water partition coefficient (Wildman–Crippen LogP) is 10.7. The second-order valence-corrected chi connectivity index (χ2v) is 12.6. The molecule has 2 saturated carbocycles. The van der Waals surface area contributed by atoms with Crippen LogP contribution in [0, 0.1) is 11.8 Å². The van der Waals surface area contributed by atoms with Gasteiger partial charge in [-0.1, -0.05) is 128 Å². The van der Waals surface area contributed by atoms with Crippen LogP contribution in [0.4, 0.5) is 0 Å². The Morgan fingerprint density at radius 1 is 0.500 bits per heavy atom. The molecule has 1 aromatic heterocycles. The largest absolute Gasteiger partial charge is 0.494 e. The van der Waals surface area contributed by atoms with Crippen molar-refractivity contribution in [3.05, 3.63) is 36.7 Å². The maximum absolute atomic E-state index is 5.96. The number of aromatic nitrogens is 2. The molecule has 2 aliphatic carbocycles. The Labute approximate surface area is 245 Å². The van der Waals surface area contributed by atoms with Crippen molar-refractivity contribution in [3.63, 3.8) is 0 Å². The quantitative estimate of drug-likeness (QED) is 0.146. The summed E-state index contributed by atoms with van der Waals surface area (Å²) in [4.78, 5) is 9.04. The summed E-state index contributed by atoms with van der Waals surface area (Å²) < 4.78 is 11.8. The molecule has 0 N–H and O–H groups in total. The molecule has 40 heavy (non-hydrogen) atoms. The molecule has 4 nitrogen and oxygen atoms in total. The van der Waals surface area contributed by atoms with E-state index in [4.69, 9.17) is 9.47 Å². The van der Waals surface area contributed by atoms with Crippen molar-refractivity contribution in [1.29, 1.82) is 0 Å². The molecule has 4 heteroatoms. The number of nitrogens with zero attached hydrogens (tertiary/aromatic N) is 2. The average molecular weight is 549 g/mol. The Hall–Kier alpha value is -2.10. The van der Waals surface area contributed by atoms with Gasteiger partial charge in [-0.15, -0.1) is 0 Å². The van der Waals surface area contributed by atoms with Crippen LogP contribution in [0.3, 0.4) is 0 Å². The third-order valence-corrected chi connectivity index (χ3v) is 9.24. The Kier molecular flexibility index (Phi) is 14.7. The van der Waals surface area contributed by atoms with Gasteiger partial charge in [0, 0.05) is 5.56 Å². The molecular weight excluding hydrogens is 492 g/mol. The van der Waals surface area contributed by atoms with Crippen LogP contribution in [0.5, 0.6) is 11.5 Å². The highest BCUT2D eigenvalue weighted by atomic mass is 16.5. The smallest absolute Gasteiger partial charge is 0.159 e. The van der Waals surface area contributed by atoms with Crippen LogP contribution in [-0.2, 0) is 0 Å². The highest BCUT2D eigenvalue weighted by Crippen LogP contribution is 2.30. The summed E-state index contributed by atoms with van der Waals surface area (Å²) in [6.07, 6.45) is 34.2. The van der Waals surface area contributed by atoms with E-state index in [0.717, 1.165) is 60.8 Å². The van der Waals surface area contributed by atoms with Crippen LogP contribution >= 0.6 is 0 Å². The van der Waals surface area contributed by atoms with E-state index in [2.05, 4.69) is 9.97 Å². The van der Waals surface area contributed by atoms with Crippen molar-refractivity contribution in [2.75, 3.05) is 13.2 Å². The second kappa shape index (κ2) is 19.1. The zero-order chi connectivity index (χ0) is 27.5. The normalized spacial score (nSPS) is 16.1. The van der Waals surface area contributed by atoms with Gasteiger partial charge in [-0.2, -0.15) is 0 Å². The topological polar surface area (TPSA) is 44.2 Å². The first kappa shape index (κ1) is 30.8. The minimum absolute atomic E-state index is 0.726. The molecule has 0 atom stereocenters. The van der Waals surface area contributed by atoms with Gasteiger partial charge in [0.15, 0.2) is 11.6 Å². The molecule has 2 aliphatic rings. The molecule has 222 valence electrons. The maximum Gasteiger partial charge on any atom is 0.159 e. The van der Waals surface area contributed by atoms with E-state index in [0.29, 0.717) is 0 Å². The first-order chi connectivity index (χ1) is 19.9. The summed E-state index contributed by atoms with van der Waals surface area (Å²) in [7, 11) is 0. The van der Waals surface area contributed by atoms with E-state index in [9.17, 15) is 0 Å². The van der Waals surface area contributed by atoms with Crippen molar-refractivity contribution >= 4 is 0 Å². The van der Waals surface area contributed by atoms with Crippen molar-refractivity contribution in [2.24, 2.45) is 11.8 Å². The molecule has 2 fully saturated rings. The summed E-state index contributed by atoms with van der Waals surface area (Å²) in [5.74, 6) is 4.51. The van der Waals surface area contributed by atoms with Crippen LogP contribution < -0.4 is 9.47 Å². The number of ether oxygens (including phenoxy) is 2. The van der Waals surface area contributed by atoms with Crippen molar-refractivity contribution in [3.8, 4) is 22.9 Å². The number of rotatable bonds is 21. The van der Waals surface area contributed by atoms with E-state index in [-0.39, 0.29) is 0 Å². The fourth-order valence-corrected chi connectivity index (χ4v) is 6.70. The molecule has 1 aromatic carbocycles. The lowest BCUT2D eigenvalue weighted by Gasteiger charge is -2.09. The van der Waals surface area contributed by atoms with Crippen molar-refractivity contribution in [1.82, 2.24) is 9.97 Å². The van der Waals surface area contributed by atoms with Gasteiger partial charge in [0.2, 0.25) is 0 Å². The number of unbranched alkanes of at least 4 members (excludes halogenated alkanes) is 10. The molecule has 2 aromatic rings. The molecule has 1 heterocycles. The van der Waals surface area contributed by atoms with Gasteiger partial charge >= 0.3 is 0 Å². The molecule has 0 amide bonds. The SMILES string of the molecule is c1cc(-c2ncc(OCCCCCCCCC3CCCC3)cn2)ccc1OCCCCCCCCC1CCCC1. The summed E-state index contributed by atoms with van der Waals surface area (Å²) in [5.41, 5.74) is 1.00. The third kappa shape index (κ3) is 12.2. The van der Waals surface area contributed by atoms with Crippen molar-refractivity contribution < 1.29 is 9.47 Å². The second-order valence-electron chi connectivity index (χ2n) is 12.6. The molecule has 0 bridgehead atoms. The van der Waals surface area contributed by atoms with Gasteiger partial charge in [-0.3, -0.25) is 0 Å². The van der Waals surface area contributed by atoms with E-state index < -0.39 is 0 Å². The van der Waals surface area contributed by atoms with Crippen LogP contribution in [0.2, 0.25) is 0 Å². The summed E-state index contributed by atoms with van der Waals surface area (Å²) >= 11 is 0. The monoisotopic (exact) mass is 548 g/mol. The van der Waals surface area contributed by atoms with Gasteiger partial charge in [0.05, 0.1) is 25.6 Å². The minimum atomic E-state index is 0.726. The van der Waals surface area contributed by atoms with Crippen LogP contribution in [0.15, 0.2) is 36.7 Å². The van der Waals surface area contributed by atoms with Crippen LogP contribution in [0.1, 0.15) is 141 Å². The van der Waals surface area contributed by atoms with Crippen LogP contribution in [0.25, 0.3) is 11.4 Å². The van der Waals surface area contributed by atoms with Gasteiger partial charge in [-0.25, -0.2) is 9.97 Å². The molecule has 0 unspecified atom stereocenters. The van der Waals surface area contributed by atoms with E-state index in [1.807, 2.05) is 24.3 Å². The molecule has 4 rings (SSSR count). The zero-order valence-electron chi connectivity index (χ0n) is 25.3. The fraction of sp³-hybridized carbons (Fsp3) is 0.722. The Balaban J connectivity index is 0.985. The lowest BCUT2D eigenvalue weighted by Crippen LogP contribution is -1.99. The number of hydrogen-bond acceptors (Lipinski definition) is 4. The maximum atomic E-state index is 5.96. The lowest BCUT2D eigenvalue weighted by atomic mass is 9.99. The van der Waals surface area contributed by atoms with Crippen LogP contribution in [-0.4, -0.2) is 23.2 Å². The van der Waals surface area contributed by atoms with Gasteiger partial charge in [0.25, 0.3) is 0 Å². The first-order valence-corrected chi connectivity index (χ1v) is 17.0. The fourth-order valence-electron chi connectivity index (χ4n) is 6.70. The Morgan fingerprint density at radius 3 is 1.43 bits per heavy atom. The van der Waals surface area contributed by atoms with Crippen molar-refractivity contribution in [2.45, 2.75) is 141 Å².